The first-order valence-electron chi connectivity index (χ1n) is 9.45. The van der Waals surface area contributed by atoms with E-state index in [2.05, 4.69) is 15.6 Å². The summed E-state index contributed by atoms with van der Waals surface area (Å²) in [5.41, 5.74) is 3.20. The molecular formula is C21H26N4O2. The van der Waals surface area contributed by atoms with E-state index in [4.69, 9.17) is 0 Å². The lowest BCUT2D eigenvalue weighted by Crippen LogP contribution is -2.41. The first kappa shape index (κ1) is 18.9. The van der Waals surface area contributed by atoms with Crippen molar-refractivity contribution in [1.29, 1.82) is 0 Å². The molecule has 0 bridgehead atoms. The van der Waals surface area contributed by atoms with E-state index in [0.29, 0.717) is 25.2 Å². The van der Waals surface area contributed by atoms with Crippen molar-refractivity contribution < 1.29 is 9.59 Å². The fourth-order valence-electron chi connectivity index (χ4n) is 3.42. The molecule has 1 aliphatic heterocycles. The monoisotopic (exact) mass is 366 g/mol. The molecule has 1 fully saturated rings. The molecule has 1 saturated heterocycles. The number of amides is 3. The first-order valence-corrected chi connectivity index (χ1v) is 9.45. The number of nitrogens with zero attached hydrogens (tertiary/aromatic N) is 2. The van der Waals surface area contributed by atoms with Crippen molar-refractivity contribution in [3.63, 3.8) is 0 Å². The number of aryl methyl sites for hydroxylation is 1. The second-order valence-corrected chi connectivity index (χ2v) is 6.80. The number of hydrogen-bond donors (Lipinski definition) is 2. The van der Waals surface area contributed by atoms with Crippen LogP contribution in [0.25, 0.3) is 0 Å². The minimum Gasteiger partial charge on any atom is -0.352 e. The molecule has 142 valence electrons. The second-order valence-electron chi connectivity index (χ2n) is 6.80. The highest BCUT2D eigenvalue weighted by molar-refractivity contribution is 5.95. The Bertz CT molecular complexity index is 799. The second kappa shape index (κ2) is 8.66. The summed E-state index contributed by atoms with van der Waals surface area (Å²) in [6.45, 7) is 5.72. The molecule has 6 heteroatoms. The molecule has 1 aliphatic rings. The number of likely N-dealkylation sites (tertiary alicyclic amines) is 1. The van der Waals surface area contributed by atoms with Gasteiger partial charge in [0, 0.05) is 36.9 Å². The van der Waals surface area contributed by atoms with Crippen molar-refractivity contribution in [2.24, 2.45) is 0 Å². The van der Waals surface area contributed by atoms with Gasteiger partial charge in [0.1, 0.15) is 0 Å². The van der Waals surface area contributed by atoms with Gasteiger partial charge in [-0.3, -0.25) is 9.78 Å². The Morgan fingerprint density at radius 1 is 1.11 bits per heavy atom. The molecular weight excluding hydrogens is 340 g/mol. The number of para-hydroxylation sites is 1. The Morgan fingerprint density at radius 2 is 1.81 bits per heavy atom. The number of piperidine rings is 1. The summed E-state index contributed by atoms with van der Waals surface area (Å²) in [7, 11) is 0. The summed E-state index contributed by atoms with van der Waals surface area (Å²) >= 11 is 0. The molecule has 1 aromatic heterocycles. The van der Waals surface area contributed by atoms with Crippen molar-refractivity contribution in [2.45, 2.75) is 32.6 Å². The number of urea groups is 1. The average molecular weight is 366 g/mol. The van der Waals surface area contributed by atoms with Crippen LogP contribution in [0.2, 0.25) is 0 Å². The number of rotatable bonds is 4. The first-order chi connectivity index (χ1) is 13.1. The summed E-state index contributed by atoms with van der Waals surface area (Å²) in [6, 6.07) is 13.1. The number of pyridine rings is 1. The summed E-state index contributed by atoms with van der Waals surface area (Å²) in [5.74, 6) is 0.104. The molecule has 2 heterocycles. The third-order valence-electron chi connectivity index (χ3n) is 4.84. The van der Waals surface area contributed by atoms with Crippen LogP contribution in [0.3, 0.4) is 0 Å². The molecule has 3 rings (SSSR count). The summed E-state index contributed by atoms with van der Waals surface area (Å²) < 4.78 is 0. The summed E-state index contributed by atoms with van der Waals surface area (Å²) in [5, 5.41) is 5.79. The van der Waals surface area contributed by atoms with Crippen molar-refractivity contribution in [3.8, 4) is 0 Å². The topological polar surface area (TPSA) is 74.3 Å². The molecule has 0 atom stereocenters. The van der Waals surface area contributed by atoms with E-state index < -0.39 is 0 Å². The lowest BCUT2D eigenvalue weighted by Gasteiger charge is -2.32. The maximum Gasteiger partial charge on any atom is 0.321 e. The molecule has 0 spiro atoms. The predicted octanol–water partition coefficient (Wildman–Crippen LogP) is 3.55. The van der Waals surface area contributed by atoms with E-state index in [0.717, 1.165) is 29.9 Å². The molecule has 27 heavy (non-hydrogen) atoms. The number of carbonyl (C=O) groups is 2. The van der Waals surface area contributed by atoms with Crippen molar-refractivity contribution in [3.05, 3.63) is 59.4 Å². The predicted molar refractivity (Wildman–Crippen MR) is 106 cm³/mol. The quantitative estimate of drug-likeness (QED) is 0.869. The van der Waals surface area contributed by atoms with Gasteiger partial charge in [-0.1, -0.05) is 18.2 Å². The highest BCUT2D eigenvalue weighted by Crippen LogP contribution is 2.29. The van der Waals surface area contributed by atoms with E-state index in [-0.39, 0.29) is 17.9 Å². The minimum absolute atomic E-state index is 0.0794. The van der Waals surface area contributed by atoms with Gasteiger partial charge in [0.25, 0.3) is 5.91 Å². The van der Waals surface area contributed by atoms with Crippen molar-refractivity contribution >= 4 is 17.6 Å². The fraction of sp³-hybridized carbons (Fsp3) is 0.381. The van der Waals surface area contributed by atoms with Gasteiger partial charge in [0.15, 0.2) is 0 Å². The van der Waals surface area contributed by atoms with Crippen LogP contribution in [-0.2, 0) is 0 Å². The Hall–Kier alpha value is -2.89. The van der Waals surface area contributed by atoms with Gasteiger partial charge in [0.2, 0.25) is 0 Å². The molecule has 0 radical (unpaired) electrons. The zero-order valence-corrected chi connectivity index (χ0v) is 15.9. The van der Waals surface area contributed by atoms with Crippen LogP contribution in [0.1, 0.15) is 47.4 Å². The van der Waals surface area contributed by atoms with Gasteiger partial charge >= 0.3 is 6.03 Å². The Morgan fingerprint density at radius 3 is 2.48 bits per heavy atom. The van der Waals surface area contributed by atoms with Crippen molar-refractivity contribution in [2.75, 3.05) is 25.0 Å². The zero-order valence-electron chi connectivity index (χ0n) is 15.9. The molecule has 0 saturated carbocycles. The SMILES string of the molecule is CCNC(=O)c1ccc(C)nc1C1CCN(C(=O)Nc2ccccc2)CC1. The summed E-state index contributed by atoms with van der Waals surface area (Å²) in [6.07, 6.45) is 1.59. The van der Waals surface area contributed by atoms with E-state index in [1.807, 2.05) is 61.2 Å². The minimum atomic E-state index is -0.0826. The van der Waals surface area contributed by atoms with Gasteiger partial charge in [-0.15, -0.1) is 0 Å². The molecule has 2 aromatic rings. The smallest absolute Gasteiger partial charge is 0.321 e. The van der Waals surface area contributed by atoms with Crippen LogP contribution < -0.4 is 10.6 Å². The maximum atomic E-state index is 12.5. The average Bonchev–Trinajstić information content (AvgIpc) is 2.69. The van der Waals surface area contributed by atoms with Crippen LogP contribution >= 0.6 is 0 Å². The summed E-state index contributed by atoms with van der Waals surface area (Å²) in [4.78, 5) is 31.3. The lowest BCUT2D eigenvalue weighted by molar-refractivity contribution is 0.0953. The third-order valence-corrected chi connectivity index (χ3v) is 4.84. The van der Waals surface area contributed by atoms with Gasteiger partial charge in [-0.05, 0) is 51.0 Å². The highest BCUT2D eigenvalue weighted by atomic mass is 16.2. The number of benzene rings is 1. The Balaban J connectivity index is 1.66. The molecule has 2 N–H and O–H groups in total. The number of aromatic nitrogens is 1. The standard InChI is InChI=1S/C21H26N4O2/c1-3-22-20(26)18-10-9-15(2)23-19(18)16-11-13-25(14-12-16)21(27)24-17-7-5-4-6-8-17/h4-10,16H,3,11-14H2,1-2H3,(H,22,26)(H,24,27). The lowest BCUT2D eigenvalue weighted by atomic mass is 9.90. The van der Waals surface area contributed by atoms with E-state index in [1.165, 1.54) is 0 Å². The normalized spacial score (nSPS) is 14.7. The number of carbonyl (C=O) groups excluding carboxylic acids is 2. The zero-order chi connectivity index (χ0) is 19.2. The molecule has 1 aromatic carbocycles. The maximum absolute atomic E-state index is 12.5. The highest BCUT2D eigenvalue weighted by Gasteiger charge is 2.27. The number of nitrogens with one attached hydrogen (secondary N) is 2. The van der Waals surface area contributed by atoms with Crippen LogP contribution in [0.4, 0.5) is 10.5 Å². The van der Waals surface area contributed by atoms with Crippen LogP contribution in [0.15, 0.2) is 42.5 Å². The number of hydrogen-bond acceptors (Lipinski definition) is 3. The van der Waals surface area contributed by atoms with Crippen molar-refractivity contribution in [1.82, 2.24) is 15.2 Å². The molecule has 0 aliphatic carbocycles. The van der Waals surface area contributed by atoms with E-state index in [9.17, 15) is 9.59 Å². The largest absolute Gasteiger partial charge is 0.352 e. The Labute approximate surface area is 160 Å². The van der Waals surface area contributed by atoms with Crippen LogP contribution in [0.5, 0.6) is 0 Å². The number of anilines is 1. The van der Waals surface area contributed by atoms with Crippen LogP contribution in [0, 0.1) is 6.92 Å². The molecule has 3 amide bonds. The van der Waals surface area contributed by atoms with Gasteiger partial charge < -0.3 is 15.5 Å². The fourth-order valence-corrected chi connectivity index (χ4v) is 3.42. The van der Waals surface area contributed by atoms with Crippen LogP contribution in [-0.4, -0.2) is 41.5 Å². The van der Waals surface area contributed by atoms with Gasteiger partial charge in [-0.25, -0.2) is 4.79 Å². The van der Waals surface area contributed by atoms with Gasteiger partial charge in [0.05, 0.1) is 11.3 Å². The third kappa shape index (κ3) is 4.64. The molecule has 6 nitrogen and oxygen atoms in total. The molecule has 0 unspecified atom stereocenters. The van der Waals surface area contributed by atoms with E-state index >= 15 is 0 Å². The Kier molecular flexibility index (Phi) is 6.06. The van der Waals surface area contributed by atoms with E-state index in [1.54, 1.807) is 0 Å². The van der Waals surface area contributed by atoms with Gasteiger partial charge in [-0.2, -0.15) is 0 Å².